The first kappa shape index (κ1) is 11.3. The Labute approximate surface area is 96.7 Å². The minimum atomic E-state index is -0.399. The number of halogens is 1. The van der Waals surface area contributed by atoms with Gasteiger partial charge in [0, 0.05) is 11.1 Å². The fourth-order valence-electron chi connectivity index (χ4n) is 1.46. The van der Waals surface area contributed by atoms with Crippen LogP contribution in [0, 0.1) is 5.82 Å². The molecule has 1 aliphatic rings. The van der Waals surface area contributed by atoms with Gasteiger partial charge in [-0.1, -0.05) is 0 Å². The van der Waals surface area contributed by atoms with Crippen LogP contribution in [0.15, 0.2) is 22.3 Å². The van der Waals surface area contributed by atoms with Crippen LogP contribution in [0.1, 0.15) is 11.1 Å². The molecule has 0 radical (unpaired) electrons. The highest BCUT2D eigenvalue weighted by atomic mass is 19.1. The lowest BCUT2D eigenvalue weighted by molar-refractivity contribution is -0.0166. The molecule has 7 heteroatoms. The molecule has 4 N–H and O–H groups in total. The topological polar surface area (TPSA) is 95.2 Å². The quantitative estimate of drug-likeness (QED) is 0.440. The molecule has 6 nitrogen and oxygen atoms in total. The van der Waals surface area contributed by atoms with E-state index in [1.54, 1.807) is 0 Å². The van der Waals surface area contributed by atoms with Gasteiger partial charge in [-0.05, 0) is 12.1 Å². The van der Waals surface area contributed by atoms with Gasteiger partial charge < -0.3 is 20.9 Å². The highest BCUT2D eigenvalue weighted by molar-refractivity contribution is 5.85. The summed E-state index contributed by atoms with van der Waals surface area (Å²) in [5.41, 5.74) is 11.3. The summed E-state index contributed by atoms with van der Waals surface area (Å²) in [4.78, 5) is 0. The lowest BCUT2D eigenvalue weighted by Crippen LogP contribution is -2.21. The molecule has 17 heavy (non-hydrogen) atoms. The van der Waals surface area contributed by atoms with Crippen molar-refractivity contribution in [2.45, 2.75) is 6.61 Å². The van der Waals surface area contributed by atoms with Crippen molar-refractivity contribution in [3.05, 3.63) is 29.1 Å². The average molecular weight is 238 g/mol. The lowest BCUT2D eigenvalue weighted by Gasteiger charge is -2.19. The van der Waals surface area contributed by atoms with Crippen molar-refractivity contribution >= 4 is 12.2 Å². The molecule has 1 aliphatic heterocycles. The molecule has 1 heterocycles. The van der Waals surface area contributed by atoms with E-state index in [9.17, 15) is 4.39 Å². The Kier molecular flexibility index (Phi) is 3.20. The summed E-state index contributed by atoms with van der Waals surface area (Å²) in [6.07, 6.45) is 1.33. The number of hydrogen-bond acceptors (Lipinski definition) is 4. The summed E-state index contributed by atoms with van der Waals surface area (Å²) in [7, 11) is 0. The van der Waals surface area contributed by atoms with Crippen molar-refractivity contribution in [3.63, 3.8) is 0 Å². The standard InChI is InChI=1S/C10H11FN4O2/c11-8-1-6(3-14-15-10(12)13)9-7(2-8)4-16-5-17-9/h1-3H,4-5H2,(H4,12,13,15). The van der Waals surface area contributed by atoms with Gasteiger partial charge in [0.05, 0.1) is 12.8 Å². The van der Waals surface area contributed by atoms with E-state index in [-0.39, 0.29) is 12.8 Å². The zero-order chi connectivity index (χ0) is 12.3. The highest BCUT2D eigenvalue weighted by Crippen LogP contribution is 2.28. The van der Waals surface area contributed by atoms with E-state index in [4.69, 9.17) is 20.9 Å². The predicted molar refractivity (Wildman–Crippen MR) is 60.1 cm³/mol. The van der Waals surface area contributed by atoms with Crippen LogP contribution < -0.4 is 16.2 Å². The van der Waals surface area contributed by atoms with Crippen LogP contribution in [0.4, 0.5) is 4.39 Å². The first-order valence-electron chi connectivity index (χ1n) is 4.82. The van der Waals surface area contributed by atoms with Crippen LogP contribution in [0.25, 0.3) is 0 Å². The molecular weight excluding hydrogens is 227 g/mol. The van der Waals surface area contributed by atoms with Crippen molar-refractivity contribution in [2.24, 2.45) is 21.7 Å². The molecule has 0 spiro atoms. The van der Waals surface area contributed by atoms with Crippen molar-refractivity contribution in [1.29, 1.82) is 0 Å². The monoisotopic (exact) mass is 238 g/mol. The molecule has 0 aliphatic carbocycles. The third-order valence-corrected chi connectivity index (χ3v) is 2.07. The summed E-state index contributed by atoms with van der Waals surface area (Å²) in [6, 6.07) is 2.64. The van der Waals surface area contributed by atoms with Crippen molar-refractivity contribution in [3.8, 4) is 5.75 Å². The third kappa shape index (κ3) is 2.70. The first-order chi connectivity index (χ1) is 8.16. The van der Waals surface area contributed by atoms with Crippen molar-refractivity contribution in [2.75, 3.05) is 6.79 Å². The molecule has 2 rings (SSSR count). The normalized spacial score (nSPS) is 14.2. The van der Waals surface area contributed by atoms with Gasteiger partial charge in [-0.15, -0.1) is 5.10 Å². The number of rotatable bonds is 2. The molecule has 0 saturated heterocycles. The number of benzene rings is 1. The number of hydrogen-bond donors (Lipinski definition) is 2. The molecule has 1 aromatic carbocycles. The lowest BCUT2D eigenvalue weighted by atomic mass is 10.1. The van der Waals surface area contributed by atoms with Crippen LogP contribution in [-0.2, 0) is 11.3 Å². The Hall–Kier alpha value is -2.15. The summed E-state index contributed by atoms with van der Waals surface area (Å²) >= 11 is 0. The minimum Gasteiger partial charge on any atom is -0.466 e. The molecule has 0 aromatic heterocycles. The van der Waals surface area contributed by atoms with Crippen LogP contribution in [0.3, 0.4) is 0 Å². The maximum Gasteiger partial charge on any atom is 0.211 e. The van der Waals surface area contributed by atoms with Crippen LogP contribution in [0.2, 0.25) is 0 Å². The van der Waals surface area contributed by atoms with Crippen molar-refractivity contribution in [1.82, 2.24) is 0 Å². The van der Waals surface area contributed by atoms with Gasteiger partial charge in [0.15, 0.2) is 6.79 Å². The molecule has 0 amide bonds. The molecule has 0 atom stereocenters. The van der Waals surface area contributed by atoms with Gasteiger partial charge in [-0.2, -0.15) is 5.10 Å². The SMILES string of the molecule is NC(N)=NN=Cc1cc(F)cc2c1OCOC2. The van der Waals surface area contributed by atoms with E-state index in [0.29, 0.717) is 23.5 Å². The Morgan fingerprint density at radius 3 is 3.00 bits per heavy atom. The average Bonchev–Trinajstić information content (AvgIpc) is 2.28. The van der Waals surface area contributed by atoms with Crippen LogP contribution >= 0.6 is 0 Å². The van der Waals surface area contributed by atoms with Gasteiger partial charge in [0.2, 0.25) is 5.96 Å². The Bertz CT molecular complexity index is 483. The number of ether oxygens (including phenoxy) is 2. The van der Waals surface area contributed by atoms with E-state index < -0.39 is 5.82 Å². The van der Waals surface area contributed by atoms with Crippen LogP contribution in [-0.4, -0.2) is 19.0 Å². The van der Waals surface area contributed by atoms with Crippen molar-refractivity contribution < 1.29 is 13.9 Å². The molecule has 1 aromatic rings. The Balaban J connectivity index is 2.36. The second-order valence-corrected chi connectivity index (χ2v) is 3.36. The largest absolute Gasteiger partial charge is 0.466 e. The molecule has 0 saturated carbocycles. The van der Waals surface area contributed by atoms with E-state index in [2.05, 4.69) is 10.2 Å². The van der Waals surface area contributed by atoms with E-state index in [1.165, 1.54) is 18.3 Å². The zero-order valence-corrected chi connectivity index (χ0v) is 8.89. The number of fused-ring (bicyclic) bond motifs is 1. The fraction of sp³-hybridized carbons (Fsp3) is 0.200. The minimum absolute atomic E-state index is 0.127. The molecule has 0 bridgehead atoms. The summed E-state index contributed by atoms with van der Waals surface area (Å²) in [5, 5.41) is 7.05. The number of nitrogens with zero attached hydrogens (tertiary/aromatic N) is 2. The summed E-state index contributed by atoms with van der Waals surface area (Å²) in [6.45, 7) is 0.429. The zero-order valence-electron chi connectivity index (χ0n) is 8.89. The Morgan fingerprint density at radius 2 is 2.24 bits per heavy atom. The summed E-state index contributed by atoms with van der Waals surface area (Å²) in [5.74, 6) is -0.0352. The second-order valence-electron chi connectivity index (χ2n) is 3.36. The maximum absolute atomic E-state index is 13.3. The van der Waals surface area contributed by atoms with E-state index >= 15 is 0 Å². The summed E-state index contributed by atoms with van der Waals surface area (Å²) < 4.78 is 23.6. The number of guanidine groups is 1. The number of nitrogens with two attached hydrogens (primary N) is 2. The highest BCUT2D eigenvalue weighted by Gasteiger charge is 2.15. The van der Waals surface area contributed by atoms with Crippen LogP contribution in [0.5, 0.6) is 5.75 Å². The van der Waals surface area contributed by atoms with Gasteiger partial charge in [-0.3, -0.25) is 0 Å². The van der Waals surface area contributed by atoms with Gasteiger partial charge in [0.1, 0.15) is 11.6 Å². The van der Waals surface area contributed by atoms with Gasteiger partial charge in [0.25, 0.3) is 0 Å². The molecule has 90 valence electrons. The smallest absolute Gasteiger partial charge is 0.211 e. The van der Waals surface area contributed by atoms with E-state index in [0.717, 1.165) is 0 Å². The molecule has 0 fully saturated rings. The molecular formula is C10H11FN4O2. The van der Waals surface area contributed by atoms with Gasteiger partial charge in [-0.25, -0.2) is 4.39 Å². The van der Waals surface area contributed by atoms with Gasteiger partial charge >= 0.3 is 0 Å². The fourth-order valence-corrected chi connectivity index (χ4v) is 1.46. The predicted octanol–water partition coefficient (Wildman–Crippen LogP) is 0.299. The maximum atomic E-state index is 13.3. The molecule has 0 unspecified atom stereocenters. The second kappa shape index (κ2) is 4.79. The first-order valence-corrected chi connectivity index (χ1v) is 4.82. The third-order valence-electron chi connectivity index (χ3n) is 2.07. The van der Waals surface area contributed by atoms with E-state index in [1.807, 2.05) is 0 Å². The Morgan fingerprint density at radius 1 is 1.41 bits per heavy atom.